The third-order valence-corrected chi connectivity index (χ3v) is 9.52. The molecule has 2 N–H and O–H groups in total. The predicted molar refractivity (Wildman–Crippen MR) is 152 cm³/mol. The number of aromatic nitrogens is 2. The van der Waals surface area contributed by atoms with E-state index < -0.39 is 47.2 Å². The van der Waals surface area contributed by atoms with E-state index >= 15 is 0 Å². The minimum atomic E-state index is -1.48. The zero-order chi connectivity index (χ0) is 29.8. The first kappa shape index (κ1) is 33.8. The van der Waals surface area contributed by atoms with E-state index in [1.54, 1.807) is 44.2 Å². The average Bonchev–Trinajstić information content (AvgIpc) is 3.36. The van der Waals surface area contributed by atoms with E-state index in [0.29, 0.717) is 32.6 Å². The van der Waals surface area contributed by atoms with Crippen LogP contribution in [0.4, 0.5) is 4.79 Å². The fraction of sp³-hybridized carbons (Fsp3) is 0.346. The van der Waals surface area contributed by atoms with E-state index in [-0.39, 0.29) is 35.3 Å². The van der Waals surface area contributed by atoms with Crippen molar-refractivity contribution in [2.75, 3.05) is 18.6 Å². The number of imide groups is 1. The van der Waals surface area contributed by atoms with Gasteiger partial charge in [-0.25, -0.2) is 4.79 Å². The molecule has 2 aliphatic heterocycles. The third kappa shape index (κ3) is 7.63. The Morgan fingerprint density at radius 2 is 1.90 bits per heavy atom. The molecule has 1 fully saturated rings. The standard InChI is InChI=1S/C26H28N6O6S3.Na/c1-13(2)10-17(33)31(4)25(38)28-18(15-8-6-5-7-9-15)21(34)27-19-22(35)32-20(24(36)37)16(11-39-23(19)32)12-40-26-30-29-14(3)41-26;/h5-10,18-19,23H,11-12H2,1-4H3,(H,27,34)(H,28,38)(H,36,37);/q;+1/p-1/t18-,19?,23-;/m1./s1. The molecule has 1 aromatic carbocycles. The van der Waals surface area contributed by atoms with Gasteiger partial charge in [-0.2, -0.15) is 0 Å². The van der Waals surface area contributed by atoms with E-state index in [4.69, 9.17) is 0 Å². The van der Waals surface area contributed by atoms with Crippen LogP contribution in [0.25, 0.3) is 0 Å². The second-order valence-electron chi connectivity index (χ2n) is 9.42. The first-order valence-corrected chi connectivity index (χ1v) is 15.2. The van der Waals surface area contributed by atoms with Crippen molar-refractivity contribution in [3.8, 4) is 0 Å². The number of rotatable bonds is 9. The number of β-lactam (4-membered cyclic amide) rings is 1. The molecule has 0 saturated carbocycles. The maximum Gasteiger partial charge on any atom is 1.00 e. The molecule has 12 nitrogen and oxygen atoms in total. The number of amides is 5. The number of carboxylic acids is 1. The summed E-state index contributed by atoms with van der Waals surface area (Å²) in [7, 11) is 1.29. The molecule has 4 rings (SSSR count). The number of allylic oxidation sites excluding steroid dienone is 1. The number of carbonyl (C=O) groups is 5. The third-order valence-electron chi connectivity index (χ3n) is 6.13. The number of carboxylic acid groups (broad SMARTS) is 1. The topological polar surface area (TPSA) is 165 Å². The van der Waals surface area contributed by atoms with Crippen molar-refractivity contribution in [3.63, 3.8) is 0 Å². The van der Waals surface area contributed by atoms with E-state index in [1.165, 1.54) is 48.0 Å². The van der Waals surface area contributed by atoms with Gasteiger partial charge in [-0.1, -0.05) is 59.0 Å². The molecule has 42 heavy (non-hydrogen) atoms. The molecule has 1 saturated heterocycles. The van der Waals surface area contributed by atoms with Crippen LogP contribution in [0.5, 0.6) is 0 Å². The second kappa shape index (κ2) is 14.7. The van der Waals surface area contributed by atoms with Crippen LogP contribution in [-0.4, -0.2) is 79.7 Å². The van der Waals surface area contributed by atoms with Gasteiger partial charge in [-0.05, 0) is 31.9 Å². The summed E-state index contributed by atoms with van der Waals surface area (Å²) in [4.78, 5) is 65.8. The monoisotopic (exact) mass is 638 g/mol. The number of nitrogens with zero attached hydrogens (tertiary/aromatic N) is 4. The van der Waals surface area contributed by atoms with Gasteiger partial charge in [0.1, 0.15) is 22.5 Å². The smallest absolute Gasteiger partial charge is 0.543 e. The van der Waals surface area contributed by atoms with E-state index in [1.807, 2.05) is 6.92 Å². The molecule has 16 heteroatoms. The van der Waals surface area contributed by atoms with Gasteiger partial charge in [0, 0.05) is 24.6 Å². The van der Waals surface area contributed by atoms with Crippen molar-refractivity contribution in [2.24, 2.45) is 0 Å². The molecule has 1 unspecified atom stereocenters. The summed E-state index contributed by atoms with van der Waals surface area (Å²) in [6, 6.07) is 5.33. The van der Waals surface area contributed by atoms with Crippen LogP contribution in [-0.2, 0) is 19.2 Å². The maximum atomic E-state index is 13.4. The molecule has 2 aromatic rings. The quantitative estimate of drug-likeness (QED) is 0.139. The summed E-state index contributed by atoms with van der Waals surface area (Å²) in [6.07, 6.45) is 1.29. The van der Waals surface area contributed by atoms with Crippen molar-refractivity contribution < 1.29 is 58.6 Å². The Kier molecular flexibility index (Phi) is 11.8. The van der Waals surface area contributed by atoms with Crippen LogP contribution in [0, 0.1) is 6.92 Å². The van der Waals surface area contributed by atoms with E-state index in [2.05, 4.69) is 20.8 Å². The minimum Gasteiger partial charge on any atom is -0.543 e. The molecule has 3 heterocycles. The van der Waals surface area contributed by atoms with Gasteiger partial charge in [-0.3, -0.25) is 24.2 Å². The zero-order valence-electron chi connectivity index (χ0n) is 23.6. The van der Waals surface area contributed by atoms with Crippen molar-refractivity contribution in [2.45, 2.75) is 42.6 Å². The Hall–Kier alpha value is -2.69. The first-order valence-electron chi connectivity index (χ1n) is 12.4. The molecule has 0 aliphatic carbocycles. The van der Waals surface area contributed by atoms with E-state index in [0.717, 1.165) is 14.8 Å². The van der Waals surface area contributed by atoms with Gasteiger partial charge in [-0.15, -0.1) is 22.0 Å². The number of urea groups is 1. The van der Waals surface area contributed by atoms with Crippen molar-refractivity contribution in [1.29, 1.82) is 0 Å². The van der Waals surface area contributed by atoms with Gasteiger partial charge in [0.25, 0.3) is 11.8 Å². The number of nitrogens with one attached hydrogen (secondary N) is 2. The summed E-state index contributed by atoms with van der Waals surface area (Å²) in [5.41, 5.74) is 1.45. The predicted octanol–water partition coefficient (Wildman–Crippen LogP) is -1.78. The summed E-state index contributed by atoms with van der Waals surface area (Å²) < 4.78 is 0.682. The summed E-state index contributed by atoms with van der Waals surface area (Å²) in [5.74, 6) is -2.72. The van der Waals surface area contributed by atoms with Gasteiger partial charge in [0.15, 0.2) is 4.34 Å². The van der Waals surface area contributed by atoms with Crippen LogP contribution in [0.3, 0.4) is 0 Å². The molecule has 0 radical (unpaired) electrons. The molecular weight excluding hydrogens is 612 g/mol. The normalized spacial score (nSPS) is 18.1. The zero-order valence-corrected chi connectivity index (χ0v) is 28.0. The summed E-state index contributed by atoms with van der Waals surface area (Å²) >= 11 is 4.03. The fourth-order valence-electron chi connectivity index (χ4n) is 4.11. The van der Waals surface area contributed by atoms with E-state index in [9.17, 15) is 29.1 Å². The molecule has 3 atom stereocenters. The molecule has 2 aliphatic rings. The number of likely N-dealkylation sites (N-methyl/N-ethyl adjacent to an activating group) is 1. The average molecular weight is 639 g/mol. The molecule has 0 spiro atoms. The summed E-state index contributed by atoms with van der Waals surface area (Å²) in [6.45, 7) is 5.25. The van der Waals surface area contributed by atoms with Gasteiger partial charge >= 0.3 is 35.6 Å². The first-order chi connectivity index (χ1) is 19.5. The fourth-order valence-corrected chi connectivity index (χ4v) is 7.42. The number of thioether (sulfide) groups is 2. The van der Waals surface area contributed by atoms with Crippen molar-refractivity contribution >= 4 is 64.6 Å². The maximum absolute atomic E-state index is 13.4. The molecular formula is C26H27N6NaO6S3. The molecule has 0 bridgehead atoms. The number of aryl methyl sites for hydroxylation is 1. The number of carbonyl (C=O) groups excluding carboxylic acids is 5. The second-order valence-corrected chi connectivity index (χ2v) is 12.9. The number of fused-ring (bicyclic) bond motifs is 1. The number of aliphatic carboxylic acids is 1. The Morgan fingerprint density at radius 3 is 2.50 bits per heavy atom. The van der Waals surface area contributed by atoms with Gasteiger partial charge < -0.3 is 20.5 Å². The summed E-state index contributed by atoms with van der Waals surface area (Å²) in [5, 5.41) is 25.4. The van der Waals surface area contributed by atoms with Gasteiger partial charge in [0.2, 0.25) is 5.91 Å². The Balaban J connectivity index is 0.00000484. The van der Waals surface area contributed by atoms with Crippen LogP contribution < -0.4 is 45.3 Å². The van der Waals surface area contributed by atoms with Crippen LogP contribution in [0.15, 0.2) is 57.6 Å². The van der Waals surface area contributed by atoms with Crippen molar-refractivity contribution in [3.05, 3.63) is 63.8 Å². The largest absolute Gasteiger partial charge is 1.00 e. The number of benzene rings is 1. The van der Waals surface area contributed by atoms with Gasteiger partial charge in [0.05, 0.1) is 11.7 Å². The van der Waals surface area contributed by atoms with Crippen LogP contribution >= 0.6 is 34.9 Å². The Labute approximate surface area is 277 Å². The molecule has 5 amide bonds. The van der Waals surface area contributed by atoms with Crippen molar-refractivity contribution in [1.82, 2.24) is 30.6 Å². The molecule has 1 aromatic heterocycles. The van der Waals surface area contributed by atoms with Crippen LogP contribution in [0.2, 0.25) is 0 Å². The Bertz CT molecular complexity index is 1440. The van der Waals surface area contributed by atoms with Crippen LogP contribution in [0.1, 0.15) is 30.5 Å². The SMILES string of the molecule is CC(C)=CC(=O)N(C)C(=O)N[C@@H](C(=O)NC1C(=O)N2C(C(=O)[O-])=C(CSc3nnc(C)s3)CS[C@H]12)c1ccccc1.[Na+]. The molecule has 216 valence electrons. The minimum absolute atomic E-state index is 0. The Morgan fingerprint density at radius 1 is 1.21 bits per heavy atom. The number of hydrogen-bond donors (Lipinski definition) is 2. The number of hydrogen-bond acceptors (Lipinski definition) is 11.